The summed E-state index contributed by atoms with van der Waals surface area (Å²) in [6.07, 6.45) is 4.71. The van der Waals surface area contributed by atoms with Gasteiger partial charge >= 0.3 is 0 Å². The molecule has 11 rings (SSSR count). The van der Waals surface area contributed by atoms with Crippen LogP contribution in [0.2, 0.25) is 0 Å². The molecule has 1 aromatic heterocycles. The zero-order chi connectivity index (χ0) is 37.2. The van der Waals surface area contributed by atoms with Crippen molar-refractivity contribution in [2.45, 2.75) is 12.8 Å². The molecule has 1 aliphatic carbocycles. The molecule has 2 atom stereocenters. The smallest absolute Gasteiger partial charge is 0.145 e. The van der Waals surface area contributed by atoms with E-state index in [4.69, 9.17) is 4.98 Å². The number of rotatable bonds is 5. The largest absolute Gasteiger partial charge is 0.292 e. The zero-order valence-corrected chi connectivity index (χ0v) is 31.1. The molecule has 0 spiro atoms. The highest BCUT2D eigenvalue weighted by Gasteiger charge is 2.30. The Morgan fingerprint density at radius 2 is 1.16 bits per heavy atom. The number of nitrogens with zero attached hydrogens (tertiary/aromatic N) is 2. The lowest BCUT2D eigenvalue weighted by Crippen LogP contribution is -2.15. The van der Waals surface area contributed by atoms with Crippen molar-refractivity contribution in [3.63, 3.8) is 0 Å². The van der Waals surface area contributed by atoms with Crippen LogP contribution in [-0.2, 0) is 0 Å². The quantitative estimate of drug-likeness (QED) is 0.162. The van der Waals surface area contributed by atoms with E-state index < -0.39 is 0 Å². The van der Waals surface area contributed by atoms with Crippen LogP contribution in [0.4, 0.5) is 0 Å². The summed E-state index contributed by atoms with van der Waals surface area (Å²) in [6.45, 7) is 2.38. The molecular weight excluding hydrogens is 677 g/mol. The van der Waals surface area contributed by atoms with Crippen molar-refractivity contribution >= 4 is 49.4 Å². The van der Waals surface area contributed by atoms with Gasteiger partial charge in [-0.05, 0) is 108 Å². The molecule has 10 aromatic rings. The maximum absolute atomic E-state index is 5.14. The van der Waals surface area contributed by atoms with Crippen LogP contribution in [0.15, 0.2) is 194 Å². The monoisotopic (exact) mass is 714 g/mol. The maximum atomic E-state index is 5.14. The number of benzene rings is 9. The van der Waals surface area contributed by atoms with Crippen LogP contribution in [0.25, 0.3) is 88.8 Å². The topological polar surface area (TPSA) is 17.8 Å². The highest BCUT2D eigenvalue weighted by Crippen LogP contribution is 2.49. The third-order valence-corrected chi connectivity index (χ3v) is 11.9. The third kappa shape index (κ3) is 5.14. The molecule has 9 aromatic carbocycles. The average Bonchev–Trinajstić information content (AvgIpc) is 3.66. The SMILES string of the molecule is CC1C=Cc2ccccc2C1c1c2ccccc2c(-c2cccc3ccccc23)c2ccc(-c3ccc(-c4nc5ccccc5n4-c4ccccc4)cc3)cc12. The van der Waals surface area contributed by atoms with E-state index in [0.29, 0.717) is 5.92 Å². The molecule has 0 aliphatic heterocycles. The van der Waals surface area contributed by atoms with Crippen molar-refractivity contribution in [2.24, 2.45) is 5.92 Å². The number of aromatic nitrogens is 2. The van der Waals surface area contributed by atoms with E-state index in [2.05, 4.69) is 212 Å². The second-order valence-corrected chi connectivity index (χ2v) is 15.1. The number of hydrogen-bond acceptors (Lipinski definition) is 1. The molecule has 0 saturated carbocycles. The Balaban J connectivity index is 1.14. The number of para-hydroxylation sites is 3. The number of fused-ring (bicyclic) bond motifs is 5. The van der Waals surface area contributed by atoms with Gasteiger partial charge in [-0.25, -0.2) is 4.98 Å². The van der Waals surface area contributed by atoms with Crippen molar-refractivity contribution in [3.8, 4) is 39.3 Å². The summed E-state index contributed by atoms with van der Waals surface area (Å²) in [4.78, 5) is 5.14. The fourth-order valence-electron chi connectivity index (χ4n) is 9.34. The van der Waals surface area contributed by atoms with Gasteiger partial charge in [0.1, 0.15) is 5.82 Å². The standard InChI is InChI=1S/C54H38N2/c1-35-26-27-38-15-6-8-20-43(38)51(35)53-46-22-10-9-21-45(46)52(44-23-13-16-37-14-5-7-19-42(37)44)47-33-32-40(34-48(47)53)36-28-30-39(31-29-36)54-55-49-24-11-12-25-50(49)56(54)41-17-3-2-4-18-41/h2-35,51H,1H3. The summed E-state index contributed by atoms with van der Waals surface area (Å²) in [6, 6.07) is 68.7. The normalized spacial score (nSPS) is 15.2. The van der Waals surface area contributed by atoms with E-state index in [1.807, 2.05) is 0 Å². The molecule has 264 valence electrons. The lowest BCUT2D eigenvalue weighted by Gasteiger charge is -2.31. The van der Waals surface area contributed by atoms with Crippen LogP contribution in [0.3, 0.4) is 0 Å². The first-order valence-electron chi connectivity index (χ1n) is 19.6. The molecule has 2 unspecified atom stereocenters. The molecule has 0 amide bonds. The van der Waals surface area contributed by atoms with E-state index in [1.54, 1.807) is 0 Å². The molecular formula is C54H38N2. The van der Waals surface area contributed by atoms with Crippen molar-refractivity contribution in [2.75, 3.05) is 0 Å². The fourth-order valence-corrected chi connectivity index (χ4v) is 9.34. The molecule has 56 heavy (non-hydrogen) atoms. The molecule has 1 aliphatic rings. The predicted octanol–water partition coefficient (Wildman–Crippen LogP) is 14.3. The second-order valence-electron chi connectivity index (χ2n) is 15.1. The van der Waals surface area contributed by atoms with Crippen LogP contribution in [0, 0.1) is 5.92 Å². The summed E-state index contributed by atoms with van der Waals surface area (Å²) < 4.78 is 2.27. The van der Waals surface area contributed by atoms with E-state index in [0.717, 1.165) is 28.1 Å². The summed E-state index contributed by atoms with van der Waals surface area (Å²) in [5.41, 5.74) is 13.3. The van der Waals surface area contributed by atoms with Gasteiger partial charge in [-0.3, -0.25) is 4.57 Å². The third-order valence-electron chi connectivity index (χ3n) is 11.9. The van der Waals surface area contributed by atoms with Crippen molar-refractivity contribution in [1.29, 1.82) is 0 Å². The van der Waals surface area contributed by atoms with Gasteiger partial charge in [0.2, 0.25) is 0 Å². The van der Waals surface area contributed by atoms with Crippen LogP contribution in [-0.4, -0.2) is 9.55 Å². The lowest BCUT2D eigenvalue weighted by molar-refractivity contribution is 0.626. The minimum Gasteiger partial charge on any atom is -0.292 e. The van der Waals surface area contributed by atoms with Gasteiger partial charge in [-0.15, -0.1) is 0 Å². The average molecular weight is 715 g/mol. The molecule has 0 bridgehead atoms. The molecule has 2 nitrogen and oxygen atoms in total. The second kappa shape index (κ2) is 13.1. The Labute approximate surface area is 326 Å². The number of hydrogen-bond donors (Lipinski definition) is 0. The Morgan fingerprint density at radius 3 is 2.04 bits per heavy atom. The first-order chi connectivity index (χ1) is 27.7. The van der Waals surface area contributed by atoms with Gasteiger partial charge in [0.05, 0.1) is 11.0 Å². The maximum Gasteiger partial charge on any atom is 0.145 e. The Bertz CT molecular complexity index is 3140. The van der Waals surface area contributed by atoms with Crippen molar-refractivity contribution in [3.05, 3.63) is 211 Å². The Kier molecular flexibility index (Phi) is 7.57. The van der Waals surface area contributed by atoms with Crippen LogP contribution in [0.1, 0.15) is 29.5 Å². The molecule has 0 fully saturated rings. The minimum absolute atomic E-state index is 0.203. The molecule has 2 heteroatoms. The van der Waals surface area contributed by atoms with Gasteiger partial charge in [-0.2, -0.15) is 0 Å². The van der Waals surface area contributed by atoms with Gasteiger partial charge in [0.25, 0.3) is 0 Å². The van der Waals surface area contributed by atoms with Gasteiger partial charge in [-0.1, -0.05) is 177 Å². The van der Waals surface area contributed by atoms with Gasteiger partial charge in [0.15, 0.2) is 0 Å². The Hall–Kier alpha value is -7.03. The highest BCUT2D eigenvalue weighted by atomic mass is 15.1. The molecule has 0 N–H and O–H groups in total. The van der Waals surface area contributed by atoms with E-state index in [-0.39, 0.29) is 5.92 Å². The van der Waals surface area contributed by atoms with Crippen molar-refractivity contribution < 1.29 is 0 Å². The fraction of sp³-hybridized carbons (Fsp3) is 0.0556. The Morgan fingerprint density at radius 1 is 0.500 bits per heavy atom. The molecule has 0 radical (unpaired) electrons. The van der Waals surface area contributed by atoms with E-state index >= 15 is 0 Å². The molecule has 1 heterocycles. The minimum atomic E-state index is 0.203. The lowest BCUT2D eigenvalue weighted by atomic mass is 9.72. The van der Waals surface area contributed by atoms with Crippen LogP contribution >= 0.6 is 0 Å². The first-order valence-corrected chi connectivity index (χ1v) is 19.6. The predicted molar refractivity (Wildman–Crippen MR) is 236 cm³/mol. The summed E-state index contributed by atoms with van der Waals surface area (Å²) in [7, 11) is 0. The highest BCUT2D eigenvalue weighted by molar-refractivity contribution is 6.19. The van der Waals surface area contributed by atoms with Crippen LogP contribution < -0.4 is 0 Å². The molecule has 0 saturated heterocycles. The number of allylic oxidation sites excluding steroid dienone is 1. The summed E-state index contributed by atoms with van der Waals surface area (Å²) >= 11 is 0. The zero-order valence-electron chi connectivity index (χ0n) is 31.1. The van der Waals surface area contributed by atoms with E-state index in [9.17, 15) is 0 Å². The first kappa shape index (κ1) is 32.4. The number of imidazole rings is 1. The summed E-state index contributed by atoms with van der Waals surface area (Å²) in [5, 5.41) is 7.73. The van der Waals surface area contributed by atoms with E-state index in [1.165, 1.54) is 71.3 Å². The van der Waals surface area contributed by atoms with Crippen LogP contribution in [0.5, 0.6) is 0 Å². The van der Waals surface area contributed by atoms with Gasteiger partial charge < -0.3 is 0 Å². The van der Waals surface area contributed by atoms with Crippen molar-refractivity contribution in [1.82, 2.24) is 9.55 Å². The summed E-state index contributed by atoms with van der Waals surface area (Å²) in [5.74, 6) is 1.47. The van der Waals surface area contributed by atoms with Gasteiger partial charge in [0, 0.05) is 17.2 Å².